The maximum Gasteiger partial charge on any atom is 0.145 e. The first-order chi connectivity index (χ1) is 10.9. The van der Waals surface area contributed by atoms with Crippen molar-refractivity contribution in [3.8, 4) is 11.3 Å². The molecule has 1 atom stereocenters. The van der Waals surface area contributed by atoms with Gasteiger partial charge in [0.1, 0.15) is 5.82 Å². The molecule has 3 aromatic heterocycles. The molecular formula is C16H18N6. The van der Waals surface area contributed by atoms with E-state index in [4.69, 9.17) is 4.98 Å². The van der Waals surface area contributed by atoms with Crippen molar-refractivity contribution in [1.82, 2.24) is 24.9 Å². The Kier molecular flexibility index (Phi) is 3.44. The van der Waals surface area contributed by atoms with Crippen LogP contribution < -0.4 is 10.6 Å². The number of hydrogen-bond acceptors (Lipinski definition) is 5. The second-order valence-electron chi connectivity index (χ2n) is 5.57. The molecule has 6 heteroatoms. The van der Waals surface area contributed by atoms with Crippen LogP contribution in [0.2, 0.25) is 0 Å². The van der Waals surface area contributed by atoms with E-state index in [9.17, 15) is 0 Å². The Balaban J connectivity index is 1.63. The highest BCUT2D eigenvalue weighted by molar-refractivity contribution is 5.77. The highest BCUT2D eigenvalue weighted by atomic mass is 15.2. The maximum absolute atomic E-state index is 4.70. The predicted molar refractivity (Wildman–Crippen MR) is 85.7 cm³/mol. The third-order valence-corrected chi connectivity index (χ3v) is 3.99. The topological polar surface area (TPSA) is 67.1 Å². The van der Waals surface area contributed by atoms with Crippen molar-refractivity contribution < 1.29 is 0 Å². The van der Waals surface area contributed by atoms with Gasteiger partial charge in [0, 0.05) is 24.3 Å². The molecular weight excluding hydrogens is 276 g/mol. The fraction of sp³-hybridized carbons (Fsp3) is 0.312. The smallest absolute Gasteiger partial charge is 0.145 e. The van der Waals surface area contributed by atoms with Gasteiger partial charge < -0.3 is 10.6 Å². The lowest BCUT2D eigenvalue weighted by Crippen LogP contribution is -2.38. The minimum absolute atomic E-state index is 0.419. The Morgan fingerprint density at radius 3 is 3.14 bits per heavy atom. The molecule has 3 aromatic rings. The fourth-order valence-electron chi connectivity index (χ4n) is 2.88. The highest BCUT2D eigenvalue weighted by Crippen LogP contribution is 2.23. The molecule has 4 heterocycles. The van der Waals surface area contributed by atoms with Crippen LogP contribution in [-0.2, 0) is 0 Å². The highest BCUT2D eigenvalue weighted by Gasteiger charge is 2.14. The summed E-state index contributed by atoms with van der Waals surface area (Å²) >= 11 is 0. The summed E-state index contributed by atoms with van der Waals surface area (Å²) in [7, 11) is 0. The van der Waals surface area contributed by atoms with Gasteiger partial charge in [0.2, 0.25) is 0 Å². The zero-order valence-corrected chi connectivity index (χ0v) is 12.2. The van der Waals surface area contributed by atoms with Crippen LogP contribution in [0.3, 0.4) is 0 Å². The Bertz CT molecular complexity index is 775. The van der Waals surface area contributed by atoms with Gasteiger partial charge >= 0.3 is 0 Å². The van der Waals surface area contributed by atoms with Crippen LogP contribution in [0.4, 0.5) is 5.82 Å². The molecule has 0 amide bonds. The quantitative estimate of drug-likeness (QED) is 0.773. The van der Waals surface area contributed by atoms with E-state index >= 15 is 0 Å². The number of hydrogen-bond donors (Lipinski definition) is 2. The number of pyridine rings is 1. The summed E-state index contributed by atoms with van der Waals surface area (Å²) in [6.45, 7) is 2.08. The van der Waals surface area contributed by atoms with E-state index in [-0.39, 0.29) is 0 Å². The van der Waals surface area contributed by atoms with E-state index in [0.717, 1.165) is 42.1 Å². The molecule has 1 saturated heterocycles. The van der Waals surface area contributed by atoms with Gasteiger partial charge in [-0.1, -0.05) is 6.07 Å². The molecule has 0 aliphatic carbocycles. The number of piperidine rings is 1. The van der Waals surface area contributed by atoms with Crippen molar-refractivity contribution in [2.75, 3.05) is 18.4 Å². The summed E-state index contributed by atoms with van der Waals surface area (Å²) in [5.41, 5.74) is 2.88. The molecule has 22 heavy (non-hydrogen) atoms. The van der Waals surface area contributed by atoms with Gasteiger partial charge in [-0.25, -0.2) is 9.50 Å². The van der Waals surface area contributed by atoms with Crippen molar-refractivity contribution >= 4 is 11.3 Å². The van der Waals surface area contributed by atoms with Crippen molar-refractivity contribution in [1.29, 1.82) is 0 Å². The third-order valence-electron chi connectivity index (χ3n) is 3.99. The summed E-state index contributed by atoms with van der Waals surface area (Å²) < 4.78 is 1.85. The van der Waals surface area contributed by atoms with Gasteiger partial charge in [-0.05, 0) is 31.5 Å². The second kappa shape index (κ2) is 5.73. The van der Waals surface area contributed by atoms with Crippen LogP contribution >= 0.6 is 0 Å². The number of rotatable bonds is 3. The molecule has 0 saturated carbocycles. The van der Waals surface area contributed by atoms with Crippen molar-refractivity contribution in [2.24, 2.45) is 0 Å². The Morgan fingerprint density at radius 1 is 1.23 bits per heavy atom. The molecule has 6 nitrogen and oxygen atoms in total. The second-order valence-corrected chi connectivity index (χ2v) is 5.57. The molecule has 2 N–H and O–H groups in total. The minimum atomic E-state index is 0.419. The number of fused-ring (bicyclic) bond motifs is 1. The summed E-state index contributed by atoms with van der Waals surface area (Å²) in [6, 6.07) is 6.42. The van der Waals surface area contributed by atoms with Gasteiger partial charge in [0.25, 0.3) is 0 Å². The molecule has 1 aliphatic heterocycles. The SMILES string of the molecule is c1ccn2ncc(-c3cncc(NC4CCCNC4)n3)c2c1. The third kappa shape index (κ3) is 2.53. The largest absolute Gasteiger partial charge is 0.365 e. The average Bonchev–Trinajstić information content (AvgIpc) is 3.00. The first-order valence-corrected chi connectivity index (χ1v) is 7.62. The Hall–Kier alpha value is -2.47. The molecule has 0 spiro atoms. The maximum atomic E-state index is 4.70. The van der Waals surface area contributed by atoms with Crippen LogP contribution in [-0.4, -0.2) is 38.7 Å². The molecule has 0 radical (unpaired) electrons. The van der Waals surface area contributed by atoms with Crippen LogP contribution in [0.5, 0.6) is 0 Å². The standard InChI is InChI=1S/C16H18N6/c1-2-7-22-15(5-1)13(9-19-22)14-10-18-11-16(21-14)20-12-4-3-6-17-8-12/h1-2,5,7,9-12,17H,3-4,6,8H2,(H,20,21). The summed E-state index contributed by atoms with van der Waals surface area (Å²) in [5, 5.41) is 11.2. The van der Waals surface area contributed by atoms with Crippen LogP contribution in [0.15, 0.2) is 43.0 Å². The first kappa shape index (κ1) is 13.2. The lowest BCUT2D eigenvalue weighted by Gasteiger charge is -2.24. The van der Waals surface area contributed by atoms with E-state index in [1.807, 2.05) is 35.1 Å². The van der Waals surface area contributed by atoms with Crippen molar-refractivity contribution in [3.63, 3.8) is 0 Å². The van der Waals surface area contributed by atoms with Gasteiger partial charge in [0.05, 0.1) is 29.8 Å². The zero-order valence-electron chi connectivity index (χ0n) is 12.2. The van der Waals surface area contributed by atoms with Crippen molar-refractivity contribution in [2.45, 2.75) is 18.9 Å². The van der Waals surface area contributed by atoms with E-state index in [1.54, 1.807) is 12.4 Å². The molecule has 4 rings (SSSR count). The van der Waals surface area contributed by atoms with Gasteiger partial charge in [0.15, 0.2) is 0 Å². The van der Waals surface area contributed by atoms with E-state index < -0.39 is 0 Å². The molecule has 1 unspecified atom stereocenters. The average molecular weight is 294 g/mol. The van der Waals surface area contributed by atoms with Gasteiger partial charge in [-0.3, -0.25) is 4.98 Å². The van der Waals surface area contributed by atoms with E-state index in [2.05, 4.69) is 20.7 Å². The monoisotopic (exact) mass is 294 g/mol. The molecule has 1 aliphatic rings. The first-order valence-electron chi connectivity index (χ1n) is 7.62. The van der Waals surface area contributed by atoms with E-state index in [0.29, 0.717) is 6.04 Å². The Morgan fingerprint density at radius 2 is 2.23 bits per heavy atom. The number of aromatic nitrogens is 4. The van der Waals surface area contributed by atoms with Crippen LogP contribution in [0.25, 0.3) is 16.8 Å². The van der Waals surface area contributed by atoms with Gasteiger partial charge in [-0.15, -0.1) is 0 Å². The molecule has 0 bridgehead atoms. The van der Waals surface area contributed by atoms with Crippen LogP contribution in [0.1, 0.15) is 12.8 Å². The van der Waals surface area contributed by atoms with Crippen LogP contribution in [0, 0.1) is 0 Å². The molecule has 1 fully saturated rings. The lowest BCUT2D eigenvalue weighted by molar-refractivity contribution is 0.479. The number of anilines is 1. The Labute approximate surface area is 128 Å². The predicted octanol–water partition coefficient (Wildman–Crippen LogP) is 1.96. The zero-order chi connectivity index (χ0) is 14.8. The lowest BCUT2D eigenvalue weighted by atomic mass is 10.1. The summed E-state index contributed by atoms with van der Waals surface area (Å²) in [5.74, 6) is 0.821. The fourth-order valence-corrected chi connectivity index (χ4v) is 2.88. The van der Waals surface area contributed by atoms with Gasteiger partial charge in [-0.2, -0.15) is 5.10 Å². The normalized spacial score (nSPS) is 18.5. The summed E-state index contributed by atoms with van der Waals surface area (Å²) in [6.07, 6.45) is 9.69. The molecule has 112 valence electrons. The number of nitrogens with zero attached hydrogens (tertiary/aromatic N) is 4. The number of nitrogens with one attached hydrogen (secondary N) is 2. The van der Waals surface area contributed by atoms with Crippen molar-refractivity contribution in [3.05, 3.63) is 43.0 Å². The molecule has 0 aromatic carbocycles. The minimum Gasteiger partial charge on any atom is -0.365 e. The van der Waals surface area contributed by atoms with E-state index in [1.165, 1.54) is 6.42 Å². The summed E-state index contributed by atoms with van der Waals surface area (Å²) in [4.78, 5) is 9.04.